The second-order valence-electron chi connectivity index (χ2n) is 2.84. The van der Waals surface area contributed by atoms with E-state index in [9.17, 15) is 4.79 Å². The highest BCUT2D eigenvalue weighted by Gasteiger charge is 2.06. The van der Waals surface area contributed by atoms with Gasteiger partial charge < -0.3 is 21.0 Å². The van der Waals surface area contributed by atoms with Gasteiger partial charge in [-0.25, -0.2) is 0 Å². The summed E-state index contributed by atoms with van der Waals surface area (Å²) in [6.07, 6.45) is -0.133. The number of hydrogen-bond acceptors (Lipinski definition) is 4. The Labute approximate surface area is 83.1 Å². The predicted molar refractivity (Wildman–Crippen MR) is 52.1 cm³/mol. The summed E-state index contributed by atoms with van der Waals surface area (Å²) in [6.45, 7) is 4.77. The monoisotopic (exact) mass is 203 g/mol. The van der Waals surface area contributed by atoms with Crippen LogP contribution in [0.25, 0.3) is 0 Å². The van der Waals surface area contributed by atoms with Crippen molar-refractivity contribution in [3.05, 3.63) is 0 Å². The topological polar surface area (TPSA) is 96.9 Å². The number of nitrogens with one attached hydrogen (secondary N) is 1. The van der Waals surface area contributed by atoms with Crippen molar-refractivity contribution in [3.8, 4) is 0 Å². The van der Waals surface area contributed by atoms with Crippen LogP contribution in [-0.2, 0) is 9.53 Å². The molecule has 0 aromatic carbocycles. The number of nitrogens with two attached hydrogens (primary N) is 1. The van der Waals surface area contributed by atoms with Crippen molar-refractivity contribution in [1.82, 2.24) is 5.32 Å². The van der Waals surface area contributed by atoms with E-state index in [0.29, 0.717) is 13.2 Å². The molecule has 1 amide bonds. The molecule has 0 fully saturated rings. The average Bonchev–Trinajstić information content (AvgIpc) is 2.15. The highest BCUT2D eigenvalue weighted by Crippen LogP contribution is 1.88. The number of carbonyl (C=O) groups excluding carboxylic acids is 1. The highest BCUT2D eigenvalue weighted by atomic mass is 16.5. The summed E-state index contributed by atoms with van der Waals surface area (Å²) < 4.78 is 5.20. The Balaban J connectivity index is 3.63. The zero-order valence-corrected chi connectivity index (χ0v) is 8.49. The maximum Gasteiger partial charge on any atom is 0.227 e. The quantitative estimate of drug-likeness (QED) is 0.238. The van der Waals surface area contributed by atoms with Crippen LogP contribution >= 0.6 is 0 Å². The van der Waals surface area contributed by atoms with E-state index in [2.05, 4.69) is 10.5 Å². The molecule has 82 valence electrons. The van der Waals surface area contributed by atoms with Gasteiger partial charge in [0.15, 0.2) is 0 Å². The van der Waals surface area contributed by atoms with Crippen molar-refractivity contribution in [2.24, 2.45) is 10.9 Å². The number of carbonyl (C=O) groups is 1. The third kappa shape index (κ3) is 6.24. The minimum absolute atomic E-state index is 0.0313. The Morgan fingerprint density at radius 2 is 2.36 bits per heavy atom. The zero-order valence-electron chi connectivity index (χ0n) is 8.49. The molecule has 1 unspecified atom stereocenters. The summed E-state index contributed by atoms with van der Waals surface area (Å²) in [6, 6.07) is 0. The van der Waals surface area contributed by atoms with Crippen LogP contribution in [0.3, 0.4) is 0 Å². The molecule has 0 heterocycles. The van der Waals surface area contributed by atoms with Crippen LogP contribution in [0.4, 0.5) is 0 Å². The lowest BCUT2D eigenvalue weighted by atomic mass is 10.3. The largest absolute Gasteiger partial charge is 0.409 e. The fourth-order valence-electron chi connectivity index (χ4n) is 0.863. The molecule has 0 rings (SSSR count). The third-order valence-corrected chi connectivity index (χ3v) is 1.51. The Kier molecular flexibility index (Phi) is 6.47. The van der Waals surface area contributed by atoms with Crippen molar-refractivity contribution in [2.75, 3.05) is 13.2 Å². The number of ether oxygens (including phenoxy) is 1. The van der Waals surface area contributed by atoms with Gasteiger partial charge in [-0.3, -0.25) is 4.79 Å². The van der Waals surface area contributed by atoms with Crippen LogP contribution in [-0.4, -0.2) is 36.2 Å². The second kappa shape index (κ2) is 7.14. The number of rotatable bonds is 6. The maximum atomic E-state index is 11.1. The summed E-state index contributed by atoms with van der Waals surface area (Å²) in [5.41, 5.74) is 5.15. The van der Waals surface area contributed by atoms with Crippen molar-refractivity contribution >= 4 is 11.7 Å². The fourth-order valence-corrected chi connectivity index (χ4v) is 0.863. The summed E-state index contributed by atoms with van der Waals surface area (Å²) in [7, 11) is 0. The minimum Gasteiger partial charge on any atom is -0.409 e. The van der Waals surface area contributed by atoms with E-state index in [4.69, 9.17) is 15.7 Å². The van der Waals surface area contributed by atoms with Gasteiger partial charge in [-0.2, -0.15) is 0 Å². The smallest absolute Gasteiger partial charge is 0.227 e. The molecular formula is C8H17N3O3. The van der Waals surface area contributed by atoms with E-state index >= 15 is 0 Å². The van der Waals surface area contributed by atoms with E-state index in [1.165, 1.54) is 0 Å². The molecule has 0 aromatic heterocycles. The molecule has 0 bridgehead atoms. The van der Waals surface area contributed by atoms with Crippen LogP contribution in [0.5, 0.6) is 0 Å². The van der Waals surface area contributed by atoms with Crippen LogP contribution in [0.15, 0.2) is 5.16 Å². The van der Waals surface area contributed by atoms with Crippen LogP contribution in [0, 0.1) is 0 Å². The average molecular weight is 203 g/mol. The number of amidine groups is 1. The van der Waals surface area contributed by atoms with Crippen molar-refractivity contribution in [2.45, 2.75) is 26.4 Å². The lowest BCUT2D eigenvalue weighted by Gasteiger charge is -2.12. The number of oxime groups is 1. The molecule has 0 saturated carbocycles. The molecule has 1 atom stereocenters. The summed E-state index contributed by atoms with van der Waals surface area (Å²) in [5, 5.41) is 13.5. The van der Waals surface area contributed by atoms with Gasteiger partial charge in [0.2, 0.25) is 5.91 Å². The number of amides is 1. The van der Waals surface area contributed by atoms with Crippen LogP contribution < -0.4 is 11.1 Å². The molecule has 6 heteroatoms. The van der Waals surface area contributed by atoms with Gasteiger partial charge in [0.1, 0.15) is 5.84 Å². The first-order valence-electron chi connectivity index (χ1n) is 4.44. The normalized spacial score (nSPS) is 13.7. The maximum absolute atomic E-state index is 11.1. The summed E-state index contributed by atoms with van der Waals surface area (Å²) >= 11 is 0. The lowest BCUT2D eigenvalue weighted by molar-refractivity contribution is -0.120. The van der Waals surface area contributed by atoms with E-state index in [1.54, 1.807) is 0 Å². The molecule has 4 N–H and O–H groups in total. The lowest BCUT2D eigenvalue weighted by Crippen LogP contribution is -2.34. The molecular weight excluding hydrogens is 186 g/mol. The second-order valence-corrected chi connectivity index (χ2v) is 2.84. The van der Waals surface area contributed by atoms with E-state index in [-0.39, 0.29) is 24.3 Å². The first-order valence-corrected chi connectivity index (χ1v) is 4.44. The predicted octanol–water partition coefficient (Wildman–Crippen LogP) is -0.336. The summed E-state index contributed by atoms with van der Waals surface area (Å²) in [4.78, 5) is 11.1. The van der Waals surface area contributed by atoms with E-state index in [0.717, 1.165) is 0 Å². The van der Waals surface area contributed by atoms with Crippen LogP contribution in [0.2, 0.25) is 0 Å². The Bertz CT molecular complexity index is 206. The first-order chi connectivity index (χ1) is 6.60. The standard InChI is InChI=1S/C8H17N3O3/c1-3-14-6(2)5-10-8(12)4-7(9)11-13/h6,13H,3-5H2,1-2H3,(H2,9,11)(H,10,12). The van der Waals surface area contributed by atoms with Crippen molar-refractivity contribution < 1.29 is 14.7 Å². The van der Waals surface area contributed by atoms with Gasteiger partial charge >= 0.3 is 0 Å². The van der Waals surface area contributed by atoms with Crippen molar-refractivity contribution in [1.29, 1.82) is 0 Å². The number of nitrogens with zero attached hydrogens (tertiary/aromatic N) is 1. The molecule has 0 aliphatic rings. The molecule has 0 aliphatic heterocycles. The SMILES string of the molecule is CCOC(C)CNC(=O)CC(N)=NO. The molecule has 0 saturated heterocycles. The van der Waals surface area contributed by atoms with Gasteiger partial charge in [-0.05, 0) is 13.8 Å². The van der Waals surface area contributed by atoms with Gasteiger partial charge in [0.25, 0.3) is 0 Å². The highest BCUT2D eigenvalue weighted by molar-refractivity contribution is 5.98. The van der Waals surface area contributed by atoms with Crippen molar-refractivity contribution in [3.63, 3.8) is 0 Å². The van der Waals surface area contributed by atoms with Gasteiger partial charge in [0.05, 0.1) is 12.5 Å². The fraction of sp³-hybridized carbons (Fsp3) is 0.750. The zero-order chi connectivity index (χ0) is 11.0. The number of hydrogen-bond donors (Lipinski definition) is 3. The van der Waals surface area contributed by atoms with Gasteiger partial charge in [0, 0.05) is 13.2 Å². The molecule has 6 nitrogen and oxygen atoms in total. The molecule has 14 heavy (non-hydrogen) atoms. The minimum atomic E-state index is -0.285. The first kappa shape index (κ1) is 12.7. The molecule has 0 aliphatic carbocycles. The van der Waals surface area contributed by atoms with Crippen LogP contribution in [0.1, 0.15) is 20.3 Å². The third-order valence-electron chi connectivity index (χ3n) is 1.51. The van der Waals surface area contributed by atoms with Gasteiger partial charge in [-0.15, -0.1) is 0 Å². The summed E-state index contributed by atoms with van der Waals surface area (Å²) in [5.74, 6) is -0.390. The van der Waals surface area contributed by atoms with E-state index < -0.39 is 0 Å². The Morgan fingerprint density at radius 3 is 2.86 bits per heavy atom. The Hall–Kier alpha value is -1.30. The molecule has 0 spiro atoms. The van der Waals surface area contributed by atoms with E-state index in [1.807, 2.05) is 13.8 Å². The molecule has 0 aromatic rings. The Morgan fingerprint density at radius 1 is 1.71 bits per heavy atom. The molecule has 0 radical (unpaired) electrons. The van der Waals surface area contributed by atoms with Gasteiger partial charge in [-0.1, -0.05) is 5.16 Å².